The molecule has 3 rings (SSSR count). The summed E-state index contributed by atoms with van der Waals surface area (Å²) in [6.07, 6.45) is -0.0503. The zero-order chi connectivity index (χ0) is 18.5. The third-order valence-electron chi connectivity index (χ3n) is 4.86. The molecule has 0 saturated carbocycles. The fourth-order valence-electron chi connectivity index (χ4n) is 3.63. The second-order valence-electron chi connectivity index (χ2n) is 6.48. The van der Waals surface area contributed by atoms with E-state index in [-0.39, 0.29) is 35.7 Å². The summed E-state index contributed by atoms with van der Waals surface area (Å²) in [6.45, 7) is 2.16. The van der Waals surface area contributed by atoms with Gasteiger partial charge in [-0.15, -0.1) is 11.8 Å². The number of β-lactam (4-membered cyclic amide) rings is 1. The average molecular weight is 369 g/mol. The number of thioether (sulfide) groups is 1. The van der Waals surface area contributed by atoms with Gasteiger partial charge in [-0.05, 0) is 13.3 Å². The zero-order valence-corrected chi connectivity index (χ0v) is 14.4. The number of rotatable bonds is 4. The summed E-state index contributed by atoms with van der Waals surface area (Å²) >= 11 is 1.24. The van der Waals surface area contributed by atoms with Gasteiger partial charge < -0.3 is 25.7 Å². The Kier molecular flexibility index (Phi) is 4.50. The van der Waals surface area contributed by atoms with Gasteiger partial charge in [-0.1, -0.05) is 0 Å². The van der Waals surface area contributed by atoms with E-state index in [9.17, 15) is 29.4 Å². The molecule has 10 heteroatoms. The first-order valence-electron chi connectivity index (χ1n) is 7.95. The molecule has 0 radical (unpaired) electrons. The lowest BCUT2D eigenvalue weighted by Crippen LogP contribution is -2.61. The Morgan fingerprint density at radius 1 is 1.36 bits per heavy atom. The van der Waals surface area contributed by atoms with Crippen LogP contribution in [0.15, 0.2) is 10.6 Å². The van der Waals surface area contributed by atoms with E-state index in [4.69, 9.17) is 5.73 Å². The van der Waals surface area contributed by atoms with Crippen LogP contribution in [0.2, 0.25) is 0 Å². The Hall–Kier alpha value is -2.07. The maximum Gasteiger partial charge on any atom is 0.334 e. The van der Waals surface area contributed by atoms with Gasteiger partial charge in [0.2, 0.25) is 5.91 Å². The standard InChI is InChI=1S/C15H19N3O6S/c1-6(19)10-9-4-8(15(23)24)14(18(9)12(10)21)25-7-2-3-17(5-7)13(22)11(16)20/h6-7,9-10,19H,2-5H2,1H3,(H2,16,20)(H,23,24)/t6-,7+,9-,10-/m1/s1. The van der Waals surface area contributed by atoms with Gasteiger partial charge in [-0.3, -0.25) is 14.4 Å². The van der Waals surface area contributed by atoms with Gasteiger partial charge in [-0.2, -0.15) is 0 Å². The summed E-state index contributed by atoms with van der Waals surface area (Å²) in [5.41, 5.74) is 5.16. The molecule has 0 unspecified atom stereocenters. The van der Waals surface area contributed by atoms with Crippen molar-refractivity contribution in [1.29, 1.82) is 0 Å². The van der Waals surface area contributed by atoms with E-state index in [1.807, 2.05) is 0 Å². The normalized spacial score (nSPS) is 29.5. The van der Waals surface area contributed by atoms with Crippen molar-refractivity contribution in [1.82, 2.24) is 9.80 Å². The van der Waals surface area contributed by atoms with Crippen LogP contribution in [0, 0.1) is 5.92 Å². The maximum absolute atomic E-state index is 12.3. The number of carboxylic acid groups (broad SMARTS) is 1. The molecule has 9 nitrogen and oxygen atoms in total. The van der Waals surface area contributed by atoms with Crippen molar-refractivity contribution in [2.75, 3.05) is 13.1 Å². The Balaban J connectivity index is 1.74. The number of aliphatic hydroxyl groups excluding tert-OH is 1. The second-order valence-corrected chi connectivity index (χ2v) is 7.77. The Bertz CT molecular complexity index is 691. The summed E-state index contributed by atoms with van der Waals surface area (Å²) in [5.74, 6) is -3.72. The first kappa shape index (κ1) is 17.7. The molecule has 2 saturated heterocycles. The minimum Gasteiger partial charge on any atom is -0.478 e. The summed E-state index contributed by atoms with van der Waals surface area (Å²) in [7, 11) is 0. The van der Waals surface area contributed by atoms with Gasteiger partial charge >= 0.3 is 17.8 Å². The Morgan fingerprint density at radius 3 is 2.60 bits per heavy atom. The first-order chi connectivity index (χ1) is 11.7. The van der Waals surface area contributed by atoms with E-state index in [1.165, 1.54) is 28.5 Å². The highest BCUT2D eigenvalue weighted by atomic mass is 32.2. The molecule has 4 atom stereocenters. The predicted molar refractivity (Wildman–Crippen MR) is 86.9 cm³/mol. The summed E-state index contributed by atoms with van der Waals surface area (Å²) in [5, 5.41) is 19.4. The maximum atomic E-state index is 12.3. The van der Waals surface area contributed by atoms with Crippen LogP contribution < -0.4 is 5.73 Å². The van der Waals surface area contributed by atoms with Crippen LogP contribution in [0.1, 0.15) is 19.8 Å². The number of hydrogen-bond acceptors (Lipinski definition) is 6. The Morgan fingerprint density at radius 2 is 2.04 bits per heavy atom. The number of nitrogens with two attached hydrogens (primary N) is 1. The first-order valence-corrected chi connectivity index (χ1v) is 8.83. The van der Waals surface area contributed by atoms with Gasteiger partial charge in [0, 0.05) is 24.8 Å². The van der Waals surface area contributed by atoms with Crippen molar-refractivity contribution in [2.24, 2.45) is 11.7 Å². The number of fused-ring (bicyclic) bond motifs is 1. The molecule has 3 amide bonds. The summed E-state index contributed by atoms with van der Waals surface area (Å²) < 4.78 is 0. The van der Waals surface area contributed by atoms with Gasteiger partial charge in [0.1, 0.15) is 0 Å². The molecule has 25 heavy (non-hydrogen) atoms. The molecule has 0 aromatic carbocycles. The highest BCUT2D eigenvalue weighted by Crippen LogP contribution is 2.49. The van der Waals surface area contributed by atoms with Crippen molar-refractivity contribution in [3.05, 3.63) is 10.6 Å². The van der Waals surface area contributed by atoms with Gasteiger partial charge in [0.05, 0.1) is 28.7 Å². The number of likely N-dealkylation sites (tertiary alicyclic amines) is 1. The number of carbonyl (C=O) groups is 4. The van der Waals surface area contributed by atoms with E-state index < -0.39 is 29.8 Å². The van der Waals surface area contributed by atoms with Crippen molar-refractivity contribution < 1.29 is 29.4 Å². The van der Waals surface area contributed by atoms with Crippen LogP contribution in [-0.2, 0) is 19.2 Å². The second kappa shape index (κ2) is 6.34. The molecular formula is C15H19N3O6S. The number of amides is 3. The molecule has 3 aliphatic heterocycles. The minimum absolute atomic E-state index is 0.121. The molecule has 3 aliphatic rings. The lowest BCUT2D eigenvalue weighted by molar-refractivity contribution is -0.156. The minimum atomic E-state index is -1.09. The lowest BCUT2D eigenvalue weighted by Gasteiger charge is -2.45. The molecule has 0 aromatic heterocycles. The number of carbonyl (C=O) groups excluding carboxylic acids is 3. The van der Waals surface area contributed by atoms with Crippen LogP contribution in [0.3, 0.4) is 0 Å². The van der Waals surface area contributed by atoms with E-state index >= 15 is 0 Å². The predicted octanol–water partition coefficient (Wildman–Crippen LogP) is -1.29. The monoisotopic (exact) mass is 369 g/mol. The van der Waals surface area contributed by atoms with Crippen molar-refractivity contribution in [3.63, 3.8) is 0 Å². The SMILES string of the molecule is C[C@@H](O)[C@H]1C(=O)N2C(S[C@H]3CCN(C(=O)C(N)=O)C3)=C(C(=O)O)C[C@H]12. The highest BCUT2D eigenvalue weighted by Gasteiger charge is 2.56. The van der Waals surface area contributed by atoms with E-state index in [2.05, 4.69) is 0 Å². The van der Waals surface area contributed by atoms with Crippen molar-refractivity contribution in [2.45, 2.75) is 37.2 Å². The fourth-order valence-corrected chi connectivity index (χ4v) is 5.08. The number of aliphatic hydroxyl groups is 1. The number of nitrogens with zero attached hydrogens (tertiary/aromatic N) is 2. The highest BCUT2D eigenvalue weighted by molar-refractivity contribution is 8.03. The quantitative estimate of drug-likeness (QED) is 0.414. The largest absolute Gasteiger partial charge is 0.478 e. The van der Waals surface area contributed by atoms with Crippen molar-refractivity contribution in [3.8, 4) is 0 Å². The van der Waals surface area contributed by atoms with E-state index in [0.717, 1.165) is 0 Å². The number of primary amides is 1. The van der Waals surface area contributed by atoms with Crippen LogP contribution in [0.25, 0.3) is 0 Å². The third kappa shape index (κ3) is 2.89. The zero-order valence-electron chi connectivity index (χ0n) is 13.5. The fraction of sp³-hybridized carbons (Fsp3) is 0.600. The summed E-state index contributed by atoms with van der Waals surface area (Å²) in [6, 6.07) is -0.328. The molecular weight excluding hydrogens is 350 g/mol. The number of carboxylic acids is 1. The van der Waals surface area contributed by atoms with Crippen molar-refractivity contribution >= 4 is 35.5 Å². The third-order valence-corrected chi connectivity index (χ3v) is 6.24. The van der Waals surface area contributed by atoms with E-state index in [1.54, 1.807) is 0 Å². The van der Waals surface area contributed by atoms with Gasteiger partial charge in [0.15, 0.2) is 0 Å². The van der Waals surface area contributed by atoms with Crippen LogP contribution in [-0.4, -0.2) is 74.2 Å². The molecule has 2 fully saturated rings. The van der Waals surface area contributed by atoms with Crippen LogP contribution in [0.5, 0.6) is 0 Å². The average Bonchev–Trinajstić information content (AvgIpc) is 3.08. The number of aliphatic carboxylic acids is 1. The topological polar surface area (TPSA) is 141 Å². The van der Waals surface area contributed by atoms with E-state index in [0.29, 0.717) is 18.0 Å². The van der Waals surface area contributed by atoms with Gasteiger partial charge in [0.25, 0.3) is 0 Å². The molecule has 136 valence electrons. The molecule has 0 aliphatic carbocycles. The van der Waals surface area contributed by atoms with Crippen LogP contribution in [0.4, 0.5) is 0 Å². The summed E-state index contributed by atoms with van der Waals surface area (Å²) in [4.78, 5) is 49.3. The molecule has 0 aromatic rings. The Labute approximate surface area is 147 Å². The number of hydrogen-bond donors (Lipinski definition) is 3. The smallest absolute Gasteiger partial charge is 0.334 e. The van der Waals surface area contributed by atoms with Crippen LogP contribution >= 0.6 is 11.8 Å². The molecule has 0 bridgehead atoms. The van der Waals surface area contributed by atoms with Gasteiger partial charge in [-0.25, -0.2) is 4.79 Å². The molecule has 0 spiro atoms. The molecule has 3 heterocycles. The lowest BCUT2D eigenvalue weighted by atomic mass is 9.83. The molecule has 4 N–H and O–H groups in total.